The van der Waals surface area contributed by atoms with Gasteiger partial charge in [-0.2, -0.15) is 4.98 Å². The lowest BCUT2D eigenvalue weighted by molar-refractivity contribution is -0.113. The summed E-state index contributed by atoms with van der Waals surface area (Å²) in [6, 6.07) is 21.0. The Morgan fingerprint density at radius 1 is 1.00 bits per heavy atom. The summed E-state index contributed by atoms with van der Waals surface area (Å²) in [6.07, 6.45) is 0. The lowest BCUT2D eigenvalue weighted by Crippen LogP contribution is -2.31. The van der Waals surface area contributed by atoms with Gasteiger partial charge in [0.1, 0.15) is 6.04 Å². The molecule has 2 N–H and O–H groups in total. The van der Waals surface area contributed by atoms with E-state index in [0.29, 0.717) is 39.6 Å². The van der Waals surface area contributed by atoms with Crippen molar-refractivity contribution in [3.63, 3.8) is 0 Å². The van der Waals surface area contributed by atoms with Gasteiger partial charge in [-0.1, -0.05) is 59.8 Å². The molecular formula is C30H31N5O3S. The third kappa shape index (κ3) is 5.49. The first kappa shape index (κ1) is 26.4. The fourth-order valence-corrected chi connectivity index (χ4v) is 5.59. The largest absolute Gasteiger partial charge is 0.493 e. The van der Waals surface area contributed by atoms with Crippen molar-refractivity contribution in [1.29, 1.82) is 0 Å². The van der Waals surface area contributed by atoms with Gasteiger partial charge in [-0.05, 0) is 61.7 Å². The van der Waals surface area contributed by atoms with Crippen molar-refractivity contribution >= 4 is 29.3 Å². The Labute approximate surface area is 232 Å². The maximum atomic E-state index is 13.7. The number of thioether (sulfide) groups is 1. The van der Waals surface area contributed by atoms with Crippen molar-refractivity contribution in [2.75, 3.05) is 24.9 Å². The van der Waals surface area contributed by atoms with Crippen molar-refractivity contribution in [3.05, 3.63) is 100 Å². The number of benzene rings is 3. The summed E-state index contributed by atoms with van der Waals surface area (Å²) in [4.78, 5) is 18.5. The molecule has 0 saturated heterocycles. The molecule has 3 aromatic carbocycles. The maximum Gasteiger partial charge on any atom is 0.255 e. The van der Waals surface area contributed by atoms with Crippen LogP contribution in [0.4, 0.5) is 11.6 Å². The number of ether oxygens (including phenoxy) is 2. The molecule has 9 heteroatoms. The Hall–Kier alpha value is -4.24. The van der Waals surface area contributed by atoms with Crippen LogP contribution in [0.5, 0.6) is 11.5 Å². The number of aryl methyl sites for hydroxylation is 2. The van der Waals surface area contributed by atoms with Crippen LogP contribution in [0.15, 0.2) is 83.2 Å². The Morgan fingerprint density at radius 3 is 2.49 bits per heavy atom. The minimum atomic E-state index is -0.535. The number of fused-ring (bicyclic) bond motifs is 1. The van der Waals surface area contributed by atoms with Gasteiger partial charge < -0.3 is 20.1 Å². The van der Waals surface area contributed by atoms with E-state index in [4.69, 9.17) is 19.6 Å². The molecule has 0 radical (unpaired) electrons. The molecule has 0 saturated carbocycles. The summed E-state index contributed by atoms with van der Waals surface area (Å²) in [7, 11) is 3.19. The fourth-order valence-electron chi connectivity index (χ4n) is 4.69. The molecule has 0 fully saturated rings. The van der Waals surface area contributed by atoms with Gasteiger partial charge in [0.05, 0.1) is 19.8 Å². The second kappa shape index (κ2) is 11.2. The number of methoxy groups -OCH3 is 2. The molecule has 0 aliphatic carbocycles. The summed E-state index contributed by atoms with van der Waals surface area (Å²) < 4.78 is 12.8. The number of amides is 1. The third-order valence-corrected chi connectivity index (χ3v) is 7.57. The Kier molecular flexibility index (Phi) is 7.60. The first-order chi connectivity index (χ1) is 18.9. The van der Waals surface area contributed by atoms with E-state index < -0.39 is 6.04 Å². The molecule has 0 unspecified atom stereocenters. The van der Waals surface area contributed by atoms with Crippen LogP contribution >= 0.6 is 11.8 Å². The number of nitrogens with one attached hydrogen (secondary N) is 2. The molecule has 4 aromatic rings. The highest BCUT2D eigenvalue weighted by Crippen LogP contribution is 2.40. The van der Waals surface area contributed by atoms with Crippen LogP contribution in [-0.2, 0) is 10.5 Å². The van der Waals surface area contributed by atoms with Crippen LogP contribution in [0.25, 0.3) is 0 Å². The Balaban J connectivity index is 1.53. The van der Waals surface area contributed by atoms with Gasteiger partial charge in [-0.25, -0.2) is 4.68 Å². The van der Waals surface area contributed by atoms with E-state index in [0.717, 1.165) is 11.3 Å². The molecule has 1 atom stereocenters. The highest BCUT2D eigenvalue weighted by molar-refractivity contribution is 7.98. The molecule has 8 nitrogen and oxygen atoms in total. The van der Waals surface area contributed by atoms with E-state index in [9.17, 15) is 4.79 Å². The van der Waals surface area contributed by atoms with Crippen molar-refractivity contribution in [3.8, 4) is 11.5 Å². The average Bonchev–Trinajstić information content (AvgIpc) is 3.34. The second-order valence-electron chi connectivity index (χ2n) is 9.38. The van der Waals surface area contributed by atoms with Crippen molar-refractivity contribution in [2.45, 2.75) is 37.7 Å². The number of anilines is 2. The zero-order valence-corrected chi connectivity index (χ0v) is 23.4. The van der Waals surface area contributed by atoms with E-state index >= 15 is 0 Å². The Bertz CT molecular complexity index is 1550. The second-order valence-corrected chi connectivity index (χ2v) is 10.3. The molecule has 5 rings (SSSR count). The van der Waals surface area contributed by atoms with Crippen LogP contribution in [0, 0.1) is 13.8 Å². The zero-order chi connectivity index (χ0) is 27.5. The topological polar surface area (TPSA) is 90.3 Å². The number of carbonyl (C=O) groups is 1. The molecule has 1 amide bonds. The van der Waals surface area contributed by atoms with Crippen molar-refractivity contribution in [1.82, 2.24) is 14.8 Å². The molecule has 0 spiro atoms. The summed E-state index contributed by atoms with van der Waals surface area (Å²) in [5.74, 6) is 2.27. The number of hydrogen-bond acceptors (Lipinski definition) is 7. The molecule has 39 heavy (non-hydrogen) atoms. The lowest BCUT2D eigenvalue weighted by atomic mass is 9.94. The lowest BCUT2D eigenvalue weighted by Gasteiger charge is -2.29. The van der Waals surface area contributed by atoms with Crippen molar-refractivity contribution in [2.24, 2.45) is 0 Å². The predicted octanol–water partition coefficient (Wildman–Crippen LogP) is 6.13. The van der Waals surface area contributed by atoms with Gasteiger partial charge in [0, 0.05) is 17.1 Å². The summed E-state index contributed by atoms with van der Waals surface area (Å²) >= 11 is 1.56. The van der Waals surface area contributed by atoms with Gasteiger partial charge in [0.25, 0.3) is 5.91 Å². The third-order valence-electron chi connectivity index (χ3n) is 6.69. The first-order valence-electron chi connectivity index (χ1n) is 12.6. The van der Waals surface area contributed by atoms with Crippen LogP contribution in [0.2, 0.25) is 0 Å². The molecule has 1 aliphatic rings. The fraction of sp³-hybridized carbons (Fsp3) is 0.233. The van der Waals surface area contributed by atoms with E-state index in [1.807, 2.05) is 55.5 Å². The Morgan fingerprint density at radius 2 is 1.77 bits per heavy atom. The predicted molar refractivity (Wildman–Crippen MR) is 155 cm³/mol. The van der Waals surface area contributed by atoms with Gasteiger partial charge in [0.15, 0.2) is 11.5 Å². The van der Waals surface area contributed by atoms with Crippen LogP contribution in [-0.4, -0.2) is 34.9 Å². The van der Waals surface area contributed by atoms with Crippen LogP contribution < -0.4 is 20.1 Å². The number of hydrogen-bond donors (Lipinski definition) is 2. The smallest absolute Gasteiger partial charge is 0.255 e. The summed E-state index contributed by atoms with van der Waals surface area (Å²) in [5.41, 5.74) is 6.49. The van der Waals surface area contributed by atoms with E-state index in [1.165, 1.54) is 16.7 Å². The SMILES string of the molecule is COc1ccc([C@H]2C(C(=O)Nc3ccccc3)=C(C)Nc3nc(SCc4ccc(C)cc4C)nn32)cc1OC. The first-order valence-corrected chi connectivity index (χ1v) is 13.6. The highest BCUT2D eigenvalue weighted by Gasteiger charge is 2.35. The molecule has 2 heterocycles. The molecule has 200 valence electrons. The van der Waals surface area contributed by atoms with E-state index in [1.54, 1.807) is 30.7 Å². The van der Waals surface area contributed by atoms with E-state index in [-0.39, 0.29) is 5.91 Å². The normalized spacial score (nSPS) is 14.4. The minimum absolute atomic E-state index is 0.225. The number of allylic oxidation sites excluding steroid dienone is 1. The maximum absolute atomic E-state index is 13.7. The van der Waals surface area contributed by atoms with Gasteiger partial charge in [-0.3, -0.25) is 4.79 Å². The molecular weight excluding hydrogens is 510 g/mol. The average molecular weight is 542 g/mol. The van der Waals surface area contributed by atoms with Crippen molar-refractivity contribution < 1.29 is 14.3 Å². The summed E-state index contributed by atoms with van der Waals surface area (Å²) in [5, 5.41) is 11.8. The van der Waals surface area contributed by atoms with Gasteiger partial charge >= 0.3 is 0 Å². The van der Waals surface area contributed by atoms with Gasteiger partial charge in [-0.15, -0.1) is 5.10 Å². The quantitative estimate of drug-likeness (QED) is 0.259. The number of aromatic nitrogens is 3. The minimum Gasteiger partial charge on any atom is -0.493 e. The molecule has 0 bridgehead atoms. The number of nitrogens with zero attached hydrogens (tertiary/aromatic N) is 3. The number of carbonyl (C=O) groups excluding carboxylic acids is 1. The molecule has 1 aromatic heterocycles. The molecule has 1 aliphatic heterocycles. The van der Waals surface area contributed by atoms with Crippen LogP contribution in [0.3, 0.4) is 0 Å². The standard InChI is InChI=1S/C30H31N5O3S/c1-18-11-12-22(19(2)15-18)17-39-30-33-29-31-20(3)26(28(36)32-23-9-7-6-8-10-23)27(35(29)34-30)21-13-14-24(37-4)25(16-21)38-5/h6-16,27H,17H2,1-5H3,(H,32,36)(H,31,33,34)/t27-/m0/s1. The number of rotatable bonds is 8. The number of para-hydroxylation sites is 1. The monoisotopic (exact) mass is 541 g/mol. The highest BCUT2D eigenvalue weighted by atomic mass is 32.2. The van der Waals surface area contributed by atoms with Gasteiger partial charge in [0.2, 0.25) is 11.1 Å². The summed E-state index contributed by atoms with van der Waals surface area (Å²) in [6.45, 7) is 6.10. The van der Waals surface area contributed by atoms with E-state index in [2.05, 4.69) is 42.7 Å². The zero-order valence-electron chi connectivity index (χ0n) is 22.6. The van der Waals surface area contributed by atoms with Crippen LogP contribution in [0.1, 0.15) is 35.2 Å².